The van der Waals surface area contributed by atoms with Gasteiger partial charge in [-0.2, -0.15) is 0 Å². The van der Waals surface area contributed by atoms with E-state index >= 15 is 0 Å². The number of aryl methyl sites for hydroxylation is 1. The second kappa shape index (κ2) is 8.41. The zero-order valence-electron chi connectivity index (χ0n) is 14.1. The monoisotopic (exact) mass is 339 g/mol. The van der Waals surface area contributed by atoms with Gasteiger partial charge in [0, 0.05) is 6.42 Å². The van der Waals surface area contributed by atoms with Crippen LogP contribution in [-0.2, 0) is 6.42 Å². The average Bonchev–Trinajstić information content (AvgIpc) is 2.99. The Morgan fingerprint density at radius 1 is 1.00 bits per heavy atom. The molecule has 0 spiro atoms. The van der Waals surface area contributed by atoms with E-state index in [9.17, 15) is 9.90 Å². The highest BCUT2D eigenvalue weighted by Crippen LogP contribution is 2.23. The van der Waals surface area contributed by atoms with E-state index in [0.29, 0.717) is 17.0 Å². The summed E-state index contributed by atoms with van der Waals surface area (Å²) in [6.07, 6.45) is 0.543. The lowest BCUT2D eigenvalue weighted by Crippen LogP contribution is -2.00. The first kappa shape index (κ1) is 17.9. The predicted octanol–water partition coefficient (Wildman–Crippen LogP) is 5.43. The molecule has 4 heteroatoms. The number of hydrogen-bond donors (Lipinski definition) is 1. The average molecular weight is 339 g/mol. The Bertz CT molecular complexity index is 792. The molecule has 1 aromatic heterocycles. The van der Waals surface area contributed by atoms with Crippen LogP contribution in [0.25, 0.3) is 11.1 Å². The quantitative estimate of drug-likeness (QED) is 0.689. The highest BCUT2D eigenvalue weighted by molar-refractivity contribution is 7.13. The van der Waals surface area contributed by atoms with Gasteiger partial charge < -0.3 is 5.11 Å². The molecule has 0 radical (unpaired) electrons. The van der Waals surface area contributed by atoms with E-state index in [1.165, 1.54) is 16.9 Å². The van der Waals surface area contributed by atoms with Crippen LogP contribution in [0, 0.1) is 6.92 Å². The Morgan fingerprint density at radius 2 is 1.58 bits per heavy atom. The lowest BCUT2D eigenvalue weighted by Gasteiger charge is -2.04. The van der Waals surface area contributed by atoms with Crippen LogP contribution in [0.3, 0.4) is 0 Å². The molecule has 0 aliphatic carbocycles. The molecule has 0 aliphatic rings. The molecule has 0 bridgehead atoms. The van der Waals surface area contributed by atoms with Crippen molar-refractivity contribution >= 4 is 17.3 Å². The van der Waals surface area contributed by atoms with E-state index in [-0.39, 0.29) is 0 Å². The van der Waals surface area contributed by atoms with Crippen LogP contribution in [-0.4, -0.2) is 16.1 Å². The first-order valence-corrected chi connectivity index (χ1v) is 8.79. The summed E-state index contributed by atoms with van der Waals surface area (Å²) in [6, 6.07) is 18.3. The second-order valence-electron chi connectivity index (χ2n) is 5.05. The number of carboxylic acid groups (broad SMARTS) is 1. The van der Waals surface area contributed by atoms with Crippen LogP contribution >= 0.6 is 11.3 Å². The SMILES string of the molecule is CC.Cc1nc(Cc2ccc(-c3ccccc3)cc2)c(C(=O)O)s1. The van der Waals surface area contributed by atoms with Gasteiger partial charge >= 0.3 is 5.97 Å². The molecule has 0 unspecified atom stereocenters. The normalized spacial score (nSPS) is 9.96. The van der Waals surface area contributed by atoms with Crippen molar-refractivity contribution in [3.05, 3.63) is 75.7 Å². The zero-order valence-corrected chi connectivity index (χ0v) is 14.9. The Labute approximate surface area is 146 Å². The molecule has 3 aromatic rings. The number of thiazole rings is 1. The van der Waals surface area contributed by atoms with Gasteiger partial charge in [0.25, 0.3) is 0 Å². The fraction of sp³-hybridized carbons (Fsp3) is 0.200. The van der Waals surface area contributed by atoms with Gasteiger partial charge in [0.15, 0.2) is 0 Å². The molecular weight excluding hydrogens is 318 g/mol. The number of carbonyl (C=O) groups is 1. The third-order valence-electron chi connectivity index (χ3n) is 3.43. The Kier molecular flexibility index (Phi) is 6.27. The van der Waals surface area contributed by atoms with Gasteiger partial charge in [-0.05, 0) is 23.6 Å². The van der Waals surface area contributed by atoms with Gasteiger partial charge in [-0.15, -0.1) is 11.3 Å². The molecule has 0 saturated heterocycles. The summed E-state index contributed by atoms with van der Waals surface area (Å²) in [5, 5.41) is 10.0. The molecule has 1 heterocycles. The van der Waals surface area contributed by atoms with Crippen molar-refractivity contribution in [3.8, 4) is 11.1 Å². The standard InChI is InChI=1S/C18H15NO2S.C2H6/c1-12-19-16(17(22-12)18(20)21)11-13-7-9-15(10-8-13)14-5-3-2-4-6-14;1-2/h2-10H,11H2,1H3,(H,20,21);1-2H3. The summed E-state index contributed by atoms with van der Waals surface area (Å²) >= 11 is 1.23. The van der Waals surface area contributed by atoms with Crippen molar-refractivity contribution in [2.45, 2.75) is 27.2 Å². The van der Waals surface area contributed by atoms with Crippen LogP contribution in [0.5, 0.6) is 0 Å². The maximum Gasteiger partial charge on any atom is 0.347 e. The summed E-state index contributed by atoms with van der Waals surface area (Å²) < 4.78 is 0. The zero-order chi connectivity index (χ0) is 17.5. The van der Waals surface area contributed by atoms with Gasteiger partial charge in [-0.1, -0.05) is 68.4 Å². The maximum atomic E-state index is 11.2. The number of rotatable bonds is 4. The minimum atomic E-state index is -0.901. The van der Waals surface area contributed by atoms with E-state index in [0.717, 1.165) is 16.1 Å². The fourth-order valence-electron chi connectivity index (χ4n) is 2.40. The molecule has 24 heavy (non-hydrogen) atoms. The van der Waals surface area contributed by atoms with E-state index in [1.54, 1.807) is 0 Å². The van der Waals surface area contributed by atoms with Crippen LogP contribution in [0.15, 0.2) is 54.6 Å². The van der Waals surface area contributed by atoms with E-state index in [1.807, 2.05) is 51.1 Å². The van der Waals surface area contributed by atoms with Gasteiger partial charge in [0.2, 0.25) is 0 Å². The minimum absolute atomic E-state index is 0.338. The molecule has 0 saturated carbocycles. The largest absolute Gasteiger partial charge is 0.477 e. The molecule has 1 N–H and O–H groups in total. The number of aromatic carboxylic acids is 1. The first-order chi connectivity index (χ1) is 11.6. The lowest BCUT2D eigenvalue weighted by molar-refractivity contribution is 0.0701. The highest BCUT2D eigenvalue weighted by atomic mass is 32.1. The molecule has 0 atom stereocenters. The maximum absolute atomic E-state index is 11.2. The smallest absolute Gasteiger partial charge is 0.347 e. The molecule has 3 nitrogen and oxygen atoms in total. The Morgan fingerprint density at radius 3 is 2.17 bits per heavy atom. The third-order valence-corrected chi connectivity index (χ3v) is 4.43. The van der Waals surface area contributed by atoms with E-state index < -0.39 is 5.97 Å². The van der Waals surface area contributed by atoms with Crippen molar-refractivity contribution in [1.29, 1.82) is 0 Å². The topological polar surface area (TPSA) is 50.2 Å². The van der Waals surface area contributed by atoms with Crippen molar-refractivity contribution in [3.63, 3.8) is 0 Å². The molecule has 0 amide bonds. The van der Waals surface area contributed by atoms with Gasteiger partial charge in [0.05, 0.1) is 10.7 Å². The minimum Gasteiger partial charge on any atom is -0.477 e. The summed E-state index contributed by atoms with van der Waals surface area (Å²) in [5.74, 6) is -0.901. The predicted molar refractivity (Wildman–Crippen MR) is 99.8 cm³/mol. The van der Waals surface area contributed by atoms with Crippen molar-refractivity contribution in [2.75, 3.05) is 0 Å². The molecular formula is C20H21NO2S. The number of aromatic nitrogens is 1. The summed E-state index contributed by atoms with van der Waals surface area (Å²) in [7, 11) is 0. The van der Waals surface area contributed by atoms with Crippen LogP contribution < -0.4 is 0 Å². The van der Waals surface area contributed by atoms with E-state index in [4.69, 9.17) is 0 Å². The molecule has 2 aromatic carbocycles. The van der Waals surface area contributed by atoms with E-state index in [2.05, 4.69) is 29.2 Å². The number of carboxylic acids is 1. The van der Waals surface area contributed by atoms with Crippen LogP contribution in [0.1, 0.15) is 39.8 Å². The van der Waals surface area contributed by atoms with Crippen LogP contribution in [0.2, 0.25) is 0 Å². The van der Waals surface area contributed by atoms with Crippen molar-refractivity contribution in [1.82, 2.24) is 4.98 Å². The fourth-order valence-corrected chi connectivity index (χ4v) is 3.17. The summed E-state index contributed by atoms with van der Waals surface area (Å²) in [4.78, 5) is 15.9. The second-order valence-corrected chi connectivity index (χ2v) is 6.26. The van der Waals surface area contributed by atoms with Gasteiger partial charge in [-0.25, -0.2) is 9.78 Å². The highest BCUT2D eigenvalue weighted by Gasteiger charge is 2.15. The lowest BCUT2D eigenvalue weighted by atomic mass is 10.0. The molecule has 124 valence electrons. The Hall–Kier alpha value is -2.46. The summed E-state index contributed by atoms with van der Waals surface area (Å²) in [5.41, 5.74) is 4.02. The van der Waals surface area contributed by atoms with Crippen molar-refractivity contribution < 1.29 is 9.90 Å². The molecule has 3 rings (SSSR count). The molecule has 0 aliphatic heterocycles. The Balaban J connectivity index is 0.00000100. The van der Waals surface area contributed by atoms with Crippen LogP contribution in [0.4, 0.5) is 0 Å². The summed E-state index contributed by atoms with van der Waals surface area (Å²) in [6.45, 7) is 5.83. The number of nitrogens with zero attached hydrogens (tertiary/aromatic N) is 1. The van der Waals surface area contributed by atoms with Gasteiger partial charge in [0.1, 0.15) is 4.88 Å². The third kappa shape index (κ3) is 4.30. The number of hydrogen-bond acceptors (Lipinski definition) is 3. The van der Waals surface area contributed by atoms with Gasteiger partial charge in [-0.3, -0.25) is 0 Å². The first-order valence-electron chi connectivity index (χ1n) is 7.97. The number of benzene rings is 2. The van der Waals surface area contributed by atoms with Crippen molar-refractivity contribution in [2.24, 2.45) is 0 Å². The molecule has 0 fully saturated rings.